The van der Waals surface area contributed by atoms with E-state index >= 15 is 0 Å². The molecule has 0 spiro atoms. The lowest BCUT2D eigenvalue weighted by Gasteiger charge is -2.17. The zero-order valence-electron chi connectivity index (χ0n) is 18.2. The molecule has 5 nitrogen and oxygen atoms in total. The first-order chi connectivity index (χ1) is 15.6. The summed E-state index contributed by atoms with van der Waals surface area (Å²) >= 11 is 1.65. The third-order valence-corrected chi connectivity index (χ3v) is 7.50. The Kier molecular flexibility index (Phi) is 5.79. The van der Waals surface area contributed by atoms with Gasteiger partial charge >= 0.3 is 0 Å². The molecule has 1 aliphatic rings. The molecular formula is C26H27N3O2S. The van der Waals surface area contributed by atoms with Gasteiger partial charge in [-0.15, -0.1) is 11.3 Å². The zero-order valence-corrected chi connectivity index (χ0v) is 19.1. The van der Waals surface area contributed by atoms with E-state index in [-0.39, 0.29) is 11.5 Å². The van der Waals surface area contributed by atoms with E-state index in [1.54, 1.807) is 11.3 Å². The van der Waals surface area contributed by atoms with E-state index in [0.717, 1.165) is 35.9 Å². The zero-order chi connectivity index (χ0) is 22.1. The molecule has 0 aliphatic heterocycles. The van der Waals surface area contributed by atoms with Crippen molar-refractivity contribution in [3.05, 3.63) is 74.6 Å². The van der Waals surface area contributed by atoms with Gasteiger partial charge in [-0.3, -0.25) is 9.59 Å². The van der Waals surface area contributed by atoms with Gasteiger partial charge < -0.3 is 10.3 Å². The molecule has 0 fully saturated rings. The van der Waals surface area contributed by atoms with Crippen LogP contribution in [0.2, 0.25) is 0 Å². The van der Waals surface area contributed by atoms with E-state index in [2.05, 4.69) is 52.5 Å². The highest BCUT2D eigenvalue weighted by Crippen LogP contribution is 2.35. The maximum Gasteiger partial charge on any atom is 0.259 e. The monoisotopic (exact) mass is 445 g/mol. The van der Waals surface area contributed by atoms with Crippen LogP contribution < -0.4 is 10.9 Å². The molecule has 2 aromatic carbocycles. The predicted octanol–water partition coefficient (Wildman–Crippen LogP) is 4.55. The molecule has 1 unspecified atom stereocenters. The minimum Gasteiger partial charge on any atom is -0.356 e. The average Bonchev–Trinajstić information content (AvgIpc) is 3.15. The highest BCUT2D eigenvalue weighted by molar-refractivity contribution is 7.18. The number of H-pyrrole nitrogens is 1. The molecule has 164 valence electrons. The molecule has 32 heavy (non-hydrogen) atoms. The Bertz CT molecular complexity index is 1350. The molecule has 2 aromatic heterocycles. The van der Waals surface area contributed by atoms with Crippen molar-refractivity contribution in [3.63, 3.8) is 0 Å². The van der Waals surface area contributed by atoms with Gasteiger partial charge in [0.05, 0.1) is 5.39 Å². The third-order valence-electron chi connectivity index (χ3n) is 6.35. The molecular weight excluding hydrogens is 418 g/mol. The highest BCUT2D eigenvalue weighted by atomic mass is 32.1. The Labute approximate surface area is 190 Å². The van der Waals surface area contributed by atoms with Crippen molar-refractivity contribution in [3.8, 4) is 0 Å². The van der Waals surface area contributed by atoms with E-state index in [1.807, 2.05) is 12.1 Å². The number of benzene rings is 2. The lowest BCUT2D eigenvalue weighted by atomic mass is 9.89. The van der Waals surface area contributed by atoms with Crippen LogP contribution in [0.5, 0.6) is 0 Å². The molecule has 0 bridgehead atoms. The van der Waals surface area contributed by atoms with Crippen LogP contribution in [0.1, 0.15) is 41.6 Å². The summed E-state index contributed by atoms with van der Waals surface area (Å²) in [5.41, 5.74) is 2.33. The number of nitrogens with one attached hydrogen (secondary N) is 2. The van der Waals surface area contributed by atoms with Crippen LogP contribution in [-0.4, -0.2) is 22.4 Å². The fourth-order valence-electron chi connectivity index (χ4n) is 4.57. The summed E-state index contributed by atoms with van der Waals surface area (Å²) in [4.78, 5) is 34.7. The first-order valence-electron chi connectivity index (χ1n) is 11.3. The van der Waals surface area contributed by atoms with Crippen molar-refractivity contribution in [1.29, 1.82) is 0 Å². The van der Waals surface area contributed by atoms with Gasteiger partial charge in [0, 0.05) is 24.3 Å². The van der Waals surface area contributed by atoms with Crippen LogP contribution in [0.4, 0.5) is 0 Å². The Morgan fingerprint density at radius 3 is 2.91 bits per heavy atom. The molecule has 5 rings (SSSR count). The van der Waals surface area contributed by atoms with Gasteiger partial charge in [0.15, 0.2) is 0 Å². The molecule has 6 heteroatoms. The number of fused-ring (bicyclic) bond motifs is 4. The van der Waals surface area contributed by atoms with Gasteiger partial charge in [-0.25, -0.2) is 4.98 Å². The molecule has 1 atom stereocenters. The van der Waals surface area contributed by atoms with Crippen LogP contribution in [0.3, 0.4) is 0 Å². The second-order valence-corrected chi connectivity index (χ2v) is 9.91. The molecule has 1 amide bonds. The van der Waals surface area contributed by atoms with Gasteiger partial charge in [0.25, 0.3) is 5.56 Å². The SMILES string of the molecule is CC1CCc2c(sc3nc(CCC(=O)NCCc4ccc5ccccc5c4)[nH]c(=O)c23)C1. The summed E-state index contributed by atoms with van der Waals surface area (Å²) in [7, 11) is 0. The molecule has 2 N–H and O–H groups in total. The van der Waals surface area contributed by atoms with Crippen molar-refractivity contribution >= 4 is 38.2 Å². The van der Waals surface area contributed by atoms with Crippen LogP contribution in [-0.2, 0) is 30.5 Å². The first kappa shape index (κ1) is 20.9. The fourth-order valence-corrected chi connectivity index (χ4v) is 5.98. The third kappa shape index (κ3) is 4.32. The molecule has 2 heterocycles. The standard InChI is InChI=1S/C26H27N3O2S/c1-16-6-9-20-21(14-16)32-26-24(20)25(31)28-22(29-26)10-11-23(30)27-13-12-17-7-8-18-4-2-3-5-19(18)15-17/h2-5,7-8,15-16H,6,9-14H2,1H3,(H,27,30)(H,28,29,31). The van der Waals surface area contributed by atoms with Crippen LogP contribution >= 0.6 is 11.3 Å². The summed E-state index contributed by atoms with van der Waals surface area (Å²) in [6.45, 7) is 2.85. The number of nitrogens with zero attached hydrogens (tertiary/aromatic N) is 1. The largest absolute Gasteiger partial charge is 0.356 e. The predicted molar refractivity (Wildman–Crippen MR) is 130 cm³/mol. The summed E-state index contributed by atoms with van der Waals surface area (Å²) < 4.78 is 0. The normalized spacial score (nSPS) is 15.7. The Hall–Kier alpha value is -2.99. The Morgan fingerprint density at radius 1 is 1.19 bits per heavy atom. The van der Waals surface area contributed by atoms with Crippen LogP contribution in [0.25, 0.3) is 21.0 Å². The number of aromatic amines is 1. The van der Waals surface area contributed by atoms with E-state index in [9.17, 15) is 9.59 Å². The number of aromatic nitrogens is 2. The Morgan fingerprint density at radius 2 is 2.03 bits per heavy atom. The number of aryl methyl sites for hydroxylation is 2. The number of rotatable bonds is 6. The van der Waals surface area contributed by atoms with E-state index in [4.69, 9.17) is 0 Å². The van der Waals surface area contributed by atoms with Crippen molar-refractivity contribution in [2.24, 2.45) is 5.92 Å². The van der Waals surface area contributed by atoms with Gasteiger partial charge in [-0.2, -0.15) is 0 Å². The smallest absolute Gasteiger partial charge is 0.259 e. The molecule has 0 radical (unpaired) electrons. The van der Waals surface area contributed by atoms with Crippen molar-refractivity contribution in [2.75, 3.05) is 6.54 Å². The van der Waals surface area contributed by atoms with Crippen LogP contribution in [0, 0.1) is 5.92 Å². The summed E-state index contributed by atoms with van der Waals surface area (Å²) in [5, 5.41) is 6.19. The van der Waals surface area contributed by atoms with Gasteiger partial charge in [0.1, 0.15) is 10.7 Å². The maximum absolute atomic E-state index is 12.7. The lowest BCUT2D eigenvalue weighted by Crippen LogP contribution is -2.26. The van der Waals surface area contributed by atoms with Gasteiger partial charge in [-0.1, -0.05) is 49.4 Å². The summed E-state index contributed by atoms with van der Waals surface area (Å²) in [6.07, 6.45) is 4.65. The number of carbonyl (C=O) groups excluding carboxylic acids is 1. The number of hydrogen-bond acceptors (Lipinski definition) is 4. The maximum atomic E-state index is 12.7. The minimum absolute atomic E-state index is 0.0205. The van der Waals surface area contributed by atoms with E-state index in [1.165, 1.54) is 26.8 Å². The van der Waals surface area contributed by atoms with Crippen LogP contribution in [0.15, 0.2) is 47.3 Å². The molecule has 0 saturated carbocycles. The molecule has 1 aliphatic carbocycles. The lowest BCUT2D eigenvalue weighted by molar-refractivity contribution is -0.121. The molecule has 0 saturated heterocycles. The number of amides is 1. The fraction of sp³-hybridized carbons (Fsp3) is 0.346. The average molecular weight is 446 g/mol. The summed E-state index contributed by atoms with van der Waals surface area (Å²) in [5.74, 6) is 1.24. The van der Waals surface area contributed by atoms with Crippen molar-refractivity contribution < 1.29 is 4.79 Å². The van der Waals surface area contributed by atoms with Gasteiger partial charge in [0.2, 0.25) is 5.91 Å². The van der Waals surface area contributed by atoms with E-state index < -0.39 is 0 Å². The first-order valence-corrected chi connectivity index (χ1v) is 12.2. The van der Waals surface area contributed by atoms with Crippen molar-refractivity contribution in [1.82, 2.24) is 15.3 Å². The summed E-state index contributed by atoms with van der Waals surface area (Å²) in [6, 6.07) is 14.7. The van der Waals surface area contributed by atoms with Gasteiger partial charge in [-0.05, 0) is 53.5 Å². The highest BCUT2D eigenvalue weighted by Gasteiger charge is 2.23. The number of hydrogen-bond donors (Lipinski definition) is 2. The number of carbonyl (C=O) groups is 1. The minimum atomic E-state index is -0.0613. The Balaban J connectivity index is 1.18. The van der Waals surface area contributed by atoms with E-state index in [0.29, 0.717) is 31.1 Å². The quantitative estimate of drug-likeness (QED) is 0.457. The second kappa shape index (κ2) is 8.87. The topological polar surface area (TPSA) is 74.8 Å². The molecule has 4 aromatic rings. The van der Waals surface area contributed by atoms with Crippen molar-refractivity contribution in [2.45, 2.75) is 45.4 Å². The second-order valence-electron chi connectivity index (χ2n) is 8.83. The number of thiophene rings is 1.